The maximum atomic E-state index is 14.3. The molecule has 1 fully saturated rings. The van der Waals surface area contributed by atoms with Crippen LogP contribution in [-0.2, 0) is 33.7 Å². The van der Waals surface area contributed by atoms with Gasteiger partial charge in [-0.2, -0.15) is 0 Å². The number of aliphatic hydroxyl groups excluding tert-OH is 1. The van der Waals surface area contributed by atoms with Gasteiger partial charge in [-0.3, -0.25) is 9.59 Å². The summed E-state index contributed by atoms with van der Waals surface area (Å²) in [7, 11) is 2.90. The summed E-state index contributed by atoms with van der Waals surface area (Å²) in [5.74, 6) is -0.0721. The van der Waals surface area contributed by atoms with E-state index in [4.69, 9.17) is 9.47 Å². The highest BCUT2D eigenvalue weighted by Crippen LogP contribution is 2.34. The van der Waals surface area contributed by atoms with Gasteiger partial charge in [-0.15, -0.1) is 0 Å². The van der Waals surface area contributed by atoms with E-state index < -0.39 is 29.8 Å². The highest BCUT2D eigenvalue weighted by Gasteiger charge is 2.53. The number of ether oxygens (including phenoxy) is 2. The zero-order valence-electron chi connectivity index (χ0n) is 28.5. The van der Waals surface area contributed by atoms with Gasteiger partial charge in [0.15, 0.2) is 0 Å². The van der Waals surface area contributed by atoms with Crippen LogP contribution in [0.2, 0.25) is 0 Å². The fourth-order valence-electron chi connectivity index (χ4n) is 6.43. The van der Waals surface area contributed by atoms with Crippen molar-refractivity contribution in [3.8, 4) is 5.75 Å². The second-order valence-corrected chi connectivity index (χ2v) is 12.5. The Morgan fingerprint density at radius 1 is 0.958 bits per heavy atom. The van der Waals surface area contributed by atoms with E-state index in [1.54, 1.807) is 12.0 Å². The van der Waals surface area contributed by atoms with Crippen molar-refractivity contribution < 1.29 is 29.0 Å². The summed E-state index contributed by atoms with van der Waals surface area (Å²) in [4.78, 5) is 42.7. The Balaban J connectivity index is 1.57. The molecule has 1 heterocycles. The Morgan fingerprint density at radius 3 is 2.27 bits per heavy atom. The van der Waals surface area contributed by atoms with Crippen LogP contribution in [-0.4, -0.2) is 78.9 Å². The summed E-state index contributed by atoms with van der Waals surface area (Å²) < 4.78 is 10.2. The molecule has 4 N–H and O–H groups in total. The minimum atomic E-state index is -1.18. The van der Waals surface area contributed by atoms with Crippen molar-refractivity contribution in [2.45, 2.75) is 76.2 Å². The van der Waals surface area contributed by atoms with E-state index in [1.807, 2.05) is 98.8 Å². The summed E-state index contributed by atoms with van der Waals surface area (Å²) >= 11 is 0. The molecule has 3 amide bonds. The number of carbonyl (C=O) groups excluding carboxylic acids is 3. The summed E-state index contributed by atoms with van der Waals surface area (Å²) in [5, 5.41) is 20.8. The molecular weight excluding hydrogens is 608 g/mol. The number of carbonyl (C=O) groups is 3. The van der Waals surface area contributed by atoms with Crippen LogP contribution in [0.5, 0.6) is 5.75 Å². The van der Waals surface area contributed by atoms with Gasteiger partial charge in [0, 0.05) is 19.6 Å². The monoisotopic (exact) mass is 658 g/mol. The Morgan fingerprint density at radius 2 is 1.62 bits per heavy atom. The number of benzene rings is 3. The van der Waals surface area contributed by atoms with E-state index in [0.29, 0.717) is 45.2 Å². The number of alkyl carbamates (subject to hydrolysis) is 1. The number of rotatable bonds is 17. The van der Waals surface area contributed by atoms with E-state index in [9.17, 15) is 19.5 Å². The summed E-state index contributed by atoms with van der Waals surface area (Å²) in [5.41, 5.74) is 1.83. The van der Waals surface area contributed by atoms with E-state index in [1.165, 1.54) is 7.11 Å². The van der Waals surface area contributed by atoms with Crippen molar-refractivity contribution in [1.82, 2.24) is 20.9 Å². The molecule has 0 bridgehead atoms. The first-order valence-electron chi connectivity index (χ1n) is 16.8. The van der Waals surface area contributed by atoms with Gasteiger partial charge in [0.1, 0.15) is 17.3 Å². The van der Waals surface area contributed by atoms with Gasteiger partial charge in [0.2, 0.25) is 11.8 Å². The molecule has 1 unspecified atom stereocenters. The highest BCUT2D eigenvalue weighted by molar-refractivity contribution is 5.96. The molecule has 4 rings (SSSR count). The maximum Gasteiger partial charge on any atom is 0.407 e. The van der Waals surface area contributed by atoms with Crippen LogP contribution in [0.3, 0.4) is 0 Å². The molecule has 0 spiro atoms. The average Bonchev–Trinajstić information content (AvgIpc) is 3.44. The largest absolute Gasteiger partial charge is 0.497 e. The Labute approximate surface area is 284 Å². The second-order valence-electron chi connectivity index (χ2n) is 12.5. The summed E-state index contributed by atoms with van der Waals surface area (Å²) in [6.45, 7) is 4.94. The maximum absolute atomic E-state index is 14.3. The van der Waals surface area contributed by atoms with Crippen LogP contribution in [0.4, 0.5) is 4.79 Å². The van der Waals surface area contributed by atoms with Gasteiger partial charge in [-0.25, -0.2) is 4.79 Å². The van der Waals surface area contributed by atoms with Crippen molar-refractivity contribution >= 4 is 17.9 Å². The Bertz CT molecular complexity index is 1470. The minimum Gasteiger partial charge on any atom is -0.497 e. The Hall–Kier alpha value is -4.41. The van der Waals surface area contributed by atoms with E-state index in [-0.39, 0.29) is 24.3 Å². The lowest BCUT2D eigenvalue weighted by Crippen LogP contribution is -2.61. The SMILES string of the molecule is CCC(C)[C@@]1(NC(=O)OC)CCN([C@@H](CCc2ccccc2)C(=O)N[C@@H](Cc2ccccc2)[C@@H](O)CNCc2cccc(OC)c2)C1=O. The van der Waals surface area contributed by atoms with Gasteiger partial charge in [-0.1, -0.05) is 93.1 Å². The lowest BCUT2D eigenvalue weighted by atomic mass is 9.82. The van der Waals surface area contributed by atoms with Gasteiger partial charge < -0.3 is 35.4 Å². The number of amides is 3. The van der Waals surface area contributed by atoms with Gasteiger partial charge in [0.05, 0.1) is 26.4 Å². The molecule has 10 heteroatoms. The zero-order valence-corrected chi connectivity index (χ0v) is 28.5. The molecule has 0 aliphatic carbocycles. The summed E-state index contributed by atoms with van der Waals surface area (Å²) in [6.07, 6.45) is 0.741. The second kappa shape index (κ2) is 17.7. The number of nitrogens with one attached hydrogen (secondary N) is 3. The van der Waals surface area contributed by atoms with Crippen LogP contribution in [0.25, 0.3) is 0 Å². The van der Waals surface area contributed by atoms with Crippen molar-refractivity contribution in [1.29, 1.82) is 0 Å². The predicted molar refractivity (Wildman–Crippen MR) is 185 cm³/mol. The predicted octanol–water partition coefficient (Wildman–Crippen LogP) is 4.25. The van der Waals surface area contributed by atoms with Gasteiger partial charge in [-0.05, 0) is 60.4 Å². The summed E-state index contributed by atoms with van der Waals surface area (Å²) in [6, 6.07) is 25.8. The molecule has 0 saturated carbocycles. The third-order valence-corrected chi connectivity index (χ3v) is 9.49. The molecule has 48 heavy (non-hydrogen) atoms. The third kappa shape index (κ3) is 9.35. The molecule has 5 atom stereocenters. The lowest BCUT2D eigenvalue weighted by molar-refractivity contribution is -0.142. The molecule has 1 aliphatic heterocycles. The average molecular weight is 659 g/mol. The Kier molecular flexibility index (Phi) is 13.4. The fourth-order valence-corrected chi connectivity index (χ4v) is 6.43. The number of nitrogens with zero attached hydrogens (tertiary/aromatic N) is 1. The molecule has 1 aliphatic rings. The standard InChI is InChI=1S/C38H50N4O6/c1-5-27(2)38(41-37(46)48-4)21-22-42(36(38)45)33(20-19-28-13-8-6-9-14-28)35(44)40-32(24-29-15-10-7-11-16-29)34(43)26-39-25-30-17-12-18-31(23-30)47-3/h6-18,23,27,32-34,39,43H,5,19-22,24-26H2,1-4H3,(H,40,44)(H,41,46)/t27?,32-,33-,34-,38-/m0/s1. The smallest absolute Gasteiger partial charge is 0.407 e. The van der Waals surface area contributed by atoms with Crippen LogP contribution >= 0.6 is 0 Å². The van der Waals surface area contributed by atoms with Crippen LogP contribution in [0.15, 0.2) is 84.9 Å². The van der Waals surface area contributed by atoms with Crippen molar-refractivity contribution in [2.24, 2.45) is 5.92 Å². The molecule has 0 aromatic heterocycles. The van der Waals surface area contributed by atoms with E-state index in [2.05, 4.69) is 16.0 Å². The van der Waals surface area contributed by atoms with E-state index in [0.717, 1.165) is 22.4 Å². The molecule has 3 aromatic rings. The first-order valence-corrected chi connectivity index (χ1v) is 16.8. The molecule has 3 aromatic carbocycles. The quantitative estimate of drug-likeness (QED) is 0.171. The number of hydrogen-bond donors (Lipinski definition) is 4. The molecule has 258 valence electrons. The molecule has 0 radical (unpaired) electrons. The van der Waals surface area contributed by atoms with Gasteiger partial charge in [0.25, 0.3) is 0 Å². The highest BCUT2D eigenvalue weighted by atomic mass is 16.5. The zero-order chi connectivity index (χ0) is 34.5. The molecule has 1 saturated heterocycles. The third-order valence-electron chi connectivity index (χ3n) is 9.49. The van der Waals surface area contributed by atoms with Crippen molar-refractivity contribution in [3.63, 3.8) is 0 Å². The first-order chi connectivity index (χ1) is 23.2. The first kappa shape index (κ1) is 36.4. The number of aryl methyl sites for hydroxylation is 1. The number of aliphatic hydroxyl groups is 1. The normalized spacial score (nSPS) is 18.4. The van der Waals surface area contributed by atoms with E-state index >= 15 is 0 Å². The van der Waals surface area contributed by atoms with Crippen LogP contribution in [0, 0.1) is 5.92 Å². The van der Waals surface area contributed by atoms with Crippen LogP contribution in [0.1, 0.15) is 49.8 Å². The topological polar surface area (TPSA) is 129 Å². The molecule has 10 nitrogen and oxygen atoms in total. The van der Waals surface area contributed by atoms with Gasteiger partial charge >= 0.3 is 6.09 Å². The van der Waals surface area contributed by atoms with Crippen molar-refractivity contribution in [3.05, 3.63) is 102 Å². The lowest BCUT2D eigenvalue weighted by Gasteiger charge is -2.36. The number of hydrogen-bond acceptors (Lipinski definition) is 7. The van der Waals surface area contributed by atoms with Crippen LogP contribution < -0.4 is 20.7 Å². The van der Waals surface area contributed by atoms with Crippen molar-refractivity contribution in [2.75, 3.05) is 27.3 Å². The number of methoxy groups -OCH3 is 2. The fraction of sp³-hybridized carbons (Fsp3) is 0.447. The number of likely N-dealkylation sites (tertiary alicyclic amines) is 1. The molecular formula is C38H50N4O6. The minimum absolute atomic E-state index is 0.185.